The number of carboxylic acids is 1. The van der Waals surface area contributed by atoms with Crippen molar-refractivity contribution in [1.82, 2.24) is 14.9 Å². The first-order valence-corrected chi connectivity index (χ1v) is 13.9. The van der Waals surface area contributed by atoms with Gasteiger partial charge in [-0.25, -0.2) is 9.59 Å². The lowest BCUT2D eigenvalue weighted by molar-refractivity contribution is -0.385. The number of carbonyl (C=O) groups is 2. The molecule has 2 aromatic rings. The molecule has 43 heavy (non-hydrogen) atoms. The van der Waals surface area contributed by atoms with Crippen molar-refractivity contribution in [3.8, 4) is 17.2 Å². The van der Waals surface area contributed by atoms with E-state index in [1.54, 1.807) is 20.3 Å². The molecule has 0 aromatic heterocycles. The van der Waals surface area contributed by atoms with Gasteiger partial charge >= 0.3 is 18.2 Å². The van der Waals surface area contributed by atoms with Gasteiger partial charge in [0.2, 0.25) is 0 Å². The first-order valence-electron chi connectivity index (χ1n) is 13.0. The molecule has 1 saturated carbocycles. The van der Waals surface area contributed by atoms with Crippen molar-refractivity contribution in [1.29, 1.82) is 0 Å². The van der Waals surface area contributed by atoms with E-state index in [0.717, 1.165) is 55.7 Å². The van der Waals surface area contributed by atoms with Gasteiger partial charge in [0.25, 0.3) is 5.69 Å². The Labute approximate surface area is 250 Å². The van der Waals surface area contributed by atoms with Crippen LogP contribution in [0.5, 0.6) is 17.2 Å². The van der Waals surface area contributed by atoms with Crippen LogP contribution in [0.4, 0.5) is 23.7 Å². The Balaban J connectivity index is 0.000000646. The summed E-state index contributed by atoms with van der Waals surface area (Å²) in [4.78, 5) is 35.1. The molecule has 1 aliphatic carbocycles. The zero-order valence-electron chi connectivity index (χ0n) is 23.9. The first-order chi connectivity index (χ1) is 20.2. The van der Waals surface area contributed by atoms with Gasteiger partial charge in [0.05, 0.1) is 37.2 Å². The Kier molecular flexibility index (Phi) is 11.0. The number of fused-ring (bicyclic) bond motifs is 1. The van der Waals surface area contributed by atoms with Crippen molar-refractivity contribution in [2.75, 3.05) is 34.9 Å². The molecule has 0 spiro atoms. The van der Waals surface area contributed by atoms with Gasteiger partial charge in [-0.2, -0.15) is 13.2 Å². The molecule has 2 amide bonds. The number of nitro benzene ring substituents is 1. The zero-order chi connectivity index (χ0) is 31.9. The van der Waals surface area contributed by atoms with Crippen molar-refractivity contribution in [2.45, 2.75) is 54.3 Å². The third kappa shape index (κ3) is 7.93. The third-order valence-corrected chi connectivity index (χ3v) is 8.52. The highest BCUT2D eigenvalue weighted by Crippen LogP contribution is 2.50. The predicted molar refractivity (Wildman–Crippen MR) is 151 cm³/mol. The molecule has 12 nitrogen and oxygen atoms in total. The Bertz CT molecular complexity index is 1330. The summed E-state index contributed by atoms with van der Waals surface area (Å²) in [5.74, 6) is -0.974. The van der Waals surface area contributed by atoms with Crippen molar-refractivity contribution in [3.05, 3.63) is 52.1 Å². The molecule has 2 fully saturated rings. The van der Waals surface area contributed by atoms with Gasteiger partial charge in [0.15, 0.2) is 11.5 Å². The second-order valence-electron chi connectivity index (χ2n) is 10.0. The van der Waals surface area contributed by atoms with E-state index in [0.29, 0.717) is 10.6 Å². The van der Waals surface area contributed by atoms with Crippen LogP contribution >= 0.6 is 11.9 Å². The number of alkyl halides is 3. The van der Waals surface area contributed by atoms with E-state index in [4.69, 9.17) is 24.1 Å². The second-order valence-corrected chi connectivity index (χ2v) is 10.9. The molecular formula is C27H33F3N4O8S. The topological polar surface area (TPSA) is 152 Å². The summed E-state index contributed by atoms with van der Waals surface area (Å²) in [6.07, 6.45) is -1.38. The van der Waals surface area contributed by atoms with Crippen LogP contribution in [0.3, 0.4) is 0 Å². The Morgan fingerprint density at radius 2 is 1.72 bits per heavy atom. The number of nitrogens with one attached hydrogen (secondary N) is 2. The number of carbonyl (C=O) groups excluding carboxylic acids is 1. The summed E-state index contributed by atoms with van der Waals surface area (Å²) in [5, 5.41) is 21.2. The number of carboxylic acid groups (broad SMARTS) is 1. The van der Waals surface area contributed by atoms with Crippen molar-refractivity contribution in [2.24, 2.45) is 0 Å². The number of rotatable bonds is 8. The molecule has 0 bridgehead atoms. The third-order valence-electron chi connectivity index (χ3n) is 7.68. The maximum atomic E-state index is 12.7. The zero-order valence-corrected chi connectivity index (χ0v) is 24.7. The molecule has 2 aliphatic rings. The average Bonchev–Trinajstić information content (AvgIpc) is 3.31. The SMILES string of the molecule is COc1ccc(C23CCC(NC(=O)NSc4ccc([N+](=O)[O-])cc4OC)CC2N(C)CC3)cc1OC.O=C(O)C(F)(F)F. The number of amides is 2. The van der Waals surface area contributed by atoms with Gasteiger partial charge in [0, 0.05) is 23.6 Å². The van der Waals surface area contributed by atoms with Crippen LogP contribution in [0.15, 0.2) is 41.3 Å². The lowest BCUT2D eigenvalue weighted by atomic mass is 9.65. The van der Waals surface area contributed by atoms with Crippen LogP contribution in [0.1, 0.15) is 31.2 Å². The summed E-state index contributed by atoms with van der Waals surface area (Å²) in [7, 11) is 6.88. The van der Waals surface area contributed by atoms with E-state index in [2.05, 4.69) is 34.1 Å². The fraction of sp³-hybridized carbons (Fsp3) is 0.481. The molecule has 236 valence electrons. The quantitative estimate of drug-likeness (QED) is 0.212. The highest BCUT2D eigenvalue weighted by atomic mass is 32.2. The second kappa shape index (κ2) is 14.0. The number of nitrogens with zero attached hydrogens (tertiary/aromatic N) is 2. The number of likely N-dealkylation sites (N-methyl/N-ethyl adjacent to an activating group) is 1. The minimum Gasteiger partial charge on any atom is -0.495 e. The fourth-order valence-electron chi connectivity index (χ4n) is 5.56. The fourth-order valence-corrected chi connectivity index (χ4v) is 6.21. The number of halogens is 3. The normalized spacial score (nSPS) is 21.5. The molecule has 4 rings (SSSR count). The van der Waals surface area contributed by atoms with E-state index in [1.807, 2.05) is 6.07 Å². The lowest BCUT2D eigenvalue weighted by Gasteiger charge is -2.45. The van der Waals surface area contributed by atoms with E-state index >= 15 is 0 Å². The van der Waals surface area contributed by atoms with E-state index in [9.17, 15) is 28.1 Å². The lowest BCUT2D eigenvalue weighted by Crippen LogP contribution is -2.52. The van der Waals surface area contributed by atoms with Gasteiger partial charge in [-0.05, 0) is 75.0 Å². The van der Waals surface area contributed by atoms with Crippen molar-refractivity contribution in [3.63, 3.8) is 0 Å². The number of nitro groups is 1. The maximum absolute atomic E-state index is 12.7. The molecule has 1 saturated heterocycles. The molecule has 3 unspecified atom stereocenters. The molecular weight excluding hydrogens is 597 g/mol. The minimum atomic E-state index is -5.08. The van der Waals surface area contributed by atoms with Crippen LogP contribution in [0.2, 0.25) is 0 Å². The first kappa shape index (κ1) is 33.6. The Hall–Kier alpha value is -3.92. The summed E-state index contributed by atoms with van der Waals surface area (Å²) in [6.45, 7) is 0.994. The monoisotopic (exact) mass is 630 g/mol. The Morgan fingerprint density at radius 3 is 2.30 bits per heavy atom. The highest BCUT2D eigenvalue weighted by Gasteiger charge is 2.50. The molecule has 3 N–H and O–H groups in total. The number of ether oxygens (including phenoxy) is 3. The van der Waals surface area contributed by atoms with Crippen LogP contribution in [0, 0.1) is 10.1 Å². The van der Waals surface area contributed by atoms with Crippen LogP contribution in [-0.4, -0.2) is 80.1 Å². The highest BCUT2D eigenvalue weighted by molar-refractivity contribution is 7.98. The molecule has 1 heterocycles. The number of likely N-dealkylation sites (tertiary alicyclic amines) is 1. The number of hydrogen-bond acceptors (Lipinski definition) is 9. The van der Waals surface area contributed by atoms with Gasteiger partial charge in [-0.1, -0.05) is 6.07 Å². The van der Waals surface area contributed by atoms with Gasteiger partial charge in [0.1, 0.15) is 5.75 Å². The number of methoxy groups -OCH3 is 3. The summed E-state index contributed by atoms with van der Waals surface area (Å²) in [5.41, 5.74) is 1.18. The van der Waals surface area contributed by atoms with Crippen molar-refractivity contribution >= 4 is 29.6 Å². The largest absolute Gasteiger partial charge is 0.495 e. The molecule has 2 aromatic carbocycles. The summed E-state index contributed by atoms with van der Waals surface area (Å²) >= 11 is 1.07. The summed E-state index contributed by atoms with van der Waals surface area (Å²) < 4.78 is 50.7. The average molecular weight is 631 g/mol. The smallest absolute Gasteiger partial charge is 0.490 e. The number of benzene rings is 2. The number of hydrogen-bond donors (Lipinski definition) is 3. The molecule has 16 heteroatoms. The van der Waals surface area contributed by atoms with E-state index in [1.165, 1.54) is 24.8 Å². The van der Waals surface area contributed by atoms with Crippen molar-refractivity contribution < 1.29 is 47.0 Å². The summed E-state index contributed by atoms with van der Waals surface area (Å²) in [6, 6.07) is 10.5. The number of non-ortho nitro benzene ring substituents is 1. The number of aliphatic carboxylic acids is 1. The predicted octanol–water partition coefficient (Wildman–Crippen LogP) is 4.75. The molecule has 0 radical (unpaired) electrons. The maximum Gasteiger partial charge on any atom is 0.490 e. The van der Waals surface area contributed by atoms with Crippen LogP contribution in [0.25, 0.3) is 0 Å². The van der Waals surface area contributed by atoms with E-state index in [-0.39, 0.29) is 29.2 Å². The van der Waals surface area contributed by atoms with Gasteiger partial charge in [-0.15, -0.1) is 0 Å². The van der Waals surface area contributed by atoms with Crippen LogP contribution < -0.4 is 24.2 Å². The van der Waals surface area contributed by atoms with Gasteiger partial charge < -0.3 is 29.5 Å². The minimum absolute atomic E-state index is 0.00380. The van der Waals surface area contributed by atoms with Crippen LogP contribution in [-0.2, 0) is 10.2 Å². The standard InChI is InChI=1S/C25H32N4O6S.C2HF3O2/c1-28-12-11-25(16-5-7-19(33-2)20(13-16)34-3)10-9-17(14-23(25)28)26-24(30)27-36-22-8-6-18(29(31)32)15-21(22)35-4;3-2(4,5)1(6)7/h5-8,13,15,17,23H,9-12,14H2,1-4H3,(H2,26,27,30);(H,6,7). The number of urea groups is 1. The Morgan fingerprint density at radius 1 is 1.07 bits per heavy atom. The van der Waals surface area contributed by atoms with E-state index < -0.39 is 17.1 Å². The molecule has 3 atom stereocenters. The van der Waals surface area contributed by atoms with Gasteiger partial charge in [-0.3, -0.25) is 14.8 Å². The molecule has 1 aliphatic heterocycles.